The van der Waals surface area contributed by atoms with Crippen molar-refractivity contribution in [2.24, 2.45) is 0 Å². The highest BCUT2D eigenvalue weighted by atomic mass is 32.1. The zero-order valence-electron chi connectivity index (χ0n) is 5.65. The normalized spacial score (nSPS) is 13.9. The molecule has 2 heteroatoms. The van der Waals surface area contributed by atoms with Crippen LogP contribution in [0.2, 0.25) is 0 Å². The summed E-state index contributed by atoms with van der Waals surface area (Å²) in [7, 11) is 0. The Morgan fingerprint density at radius 3 is 2.62 bits per heavy atom. The summed E-state index contributed by atoms with van der Waals surface area (Å²) in [6, 6.07) is 0.655. The summed E-state index contributed by atoms with van der Waals surface area (Å²) in [5.41, 5.74) is 0. The van der Waals surface area contributed by atoms with E-state index in [1.807, 2.05) is 0 Å². The van der Waals surface area contributed by atoms with Crippen LogP contribution in [-0.2, 0) is 0 Å². The first-order chi connectivity index (χ1) is 3.81. The molecule has 0 aromatic heterocycles. The van der Waals surface area contributed by atoms with Crippen LogP contribution in [0.4, 0.5) is 0 Å². The second-order valence-electron chi connectivity index (χ2n) is 1.99. The van der Waals surface area contributed by atoms with E-state index in [4.69, 9.17) is 0 Å². The van der Waals surface area contributed by atoms with Gasteiger partial charge in [-0.15, -0.1) is 0 Å². The molecule has 1 atom stereocenters. The fraction of sp³-hybridized carbons (Fsp3) is 1.00. The molecule has 0 radical (unpaired) electrons. The smallest absolute Gasteiger partial charge is 0.00422 e. The van der Waals surface area contributed by atoms with E-state index in [0.717, 1.165) is 12.3 Å². The van der Waals surface area contributed by atoms with Crippen molar-refractivity contribution in [2.75, 3.05) is 12.3 Å². The minimum atomic E-state index is 0.655. The number of thiol groups is 1. The van der Waals surface area contributed by atoms with Crippen LogP contribution in [0.25, 0.3) is 0 Å². The van der Waals surface area contributed by atoms with Crippen LogP contribution in [0.1, 0.15) is 20.3 Å². The maximum Gasteiger partial charge on any atom is 0.00422 e. The van der Waals surface area contributed by atoms with E-state index in [2.05, 4.69) is 31.8 Å². The molecule has 0 amide bonds. The van der Waals surface area contributed by atoms with Gasteiger partial charge in [-0.25, -0.2) is 0 Å². The Bertz CT molecular complexity index is 47.8. The maximum atomic E-state index is 4.07. The lowest BCUT2D eigenvalue weighted by atomic mass is 10.3. The molecule has 0 spiro atoms. The average Bonchev–Trinajstić information content (AvgIpc) is 1.83. The molecule has 0 aliphatic carbocycles. The van der Waals surface area contributed by atoms with Crippen LogP contribution in [0.3, 0.4) is 0 Å². The van der Waals surface area contributed by atoms with Gasteiger partial charge >= 0.3 is 0 Å². The molecular formula is C6H15NS. The quantitative estimate of drug-likeness (QED) is 0.551. The molecule has 0 fully saturated rings. The molecule has 0 aromatic carbocycles. The van der Waals surface area contributed by atoms with Crippen molar-refractivity contribution >= 4 is 12.6 Å². The van der Waals surface area contributed by atoms with Gasteiger partial charge in [0.15, 0.2) is 0 Å². The number of nitrogens with one attached hydrogen (secondary N) is 1. The molecule has 1 unspecified atom stereocenters. The molecule has 0 aliphatic rings. The van der Waals surface area contributed by atoms with Crippen molar-refractivity contribution in [3.05, 3.63) is 0 Å². The van der Waals surface area contributed by atoms with Gasteiger partial charge in [-0.1, -0.05) is 6.92 Å². The van der Waals surface area contributed by atoms with E-state index >= 15 is 0 Å². The van der Waals surface area contributed by atoms with E-state index in [0.29, 0.717) is 6.04 Å². The Hall–Kier alpha value is 0.310. The van der Waals surface area contributed by atoms with E-state index in [1.165, 1.54) is 6.42 Å². The van der Waals surface area contributed by atoms with Gasteiger partial charge in [-0.2, -0.15) is 12.6 Å². The Morgan fingerprint density at radius 2 is 2.25 bits per heavy atom. The topological polar surface area (TPSA) is 12.0 Å². The highest BCUT2D eigenvalue weighted by Crippen LogP contribution is 1.85. The molecule has 0 saturated carbocycles. The monoisotopic (exact) mass is 133 g/mol. The number of hydrogen-bond acceptors (Lipinski definition) is 2. The third-order valence-electron chi connectivity index (χ3n) is 1.22. The Morgan fingerprint density at radius 1 is 1.62 bits per heavy atom. The van der Waals surface area contributed by atoms with Crippen LogP contribution >= 0.6 is 12.6 Å². The van der Waals surface area contributed by atoms with Gasteiger partial charge in [0.05, 0.1) is 0 Å². The van der Waals surface area contributed by atoms with E-state index < -0.39 is 0 Å². The van der Waals surface area contributed by atoms with Gasteiger partial charge in [0, 0.05) is 18.3 Å². The minimum Gasteiger partial charge on any atom is -0.313 e. The van der Waals surface area contributed by atoms with Gasteiger partial charge in [-0.3, -0.25) is 0 Å². The zero-order valence-corrected chi connectivity index (χ0v) is 6.54. The largest absolute Gasteiger partial charge is 0.313 e. The van der Waals surface area contributed by atoms with Crippen LogP contribution in [-0.4, -0.2) is 18.3 Å². The summed E-state index contributed by atoms with van der Waals surface area (Å²) in [4.78, 5) is 0. The van der Waals surface area contributed by atoms with Gasteiger partial charge < -0.3 is 5.32 Å². The maximum absolute atomic E-state index is 4.07. The Balaban J connectivity index is 2.86. The van der Waals surface area contributed by atoms with Crippen molar-refractivity contribution in [2.45, 2.75) is 26.3 Å². The molecule has 0 aromatic rings. The van der Waals surface area contributed by atoms with Gasteiger partial charge in [0.2, 0.25) is 0 Å². The molecule has 0 bridgehead atoms. The third kappa shape index (κ3) is 4.47. The highest BCUT2D eigenvalue weighted by Gasteiger charge is 1.92. The van der Waals surface area contributed by atoms with Crippen molar-refractivity contribution < 1.29 is 0 Å². The minimum absolute atomic E-state index is 0.655. The summed E-state index contributed by atoms with van der Waals surface area (Å²) in [5.74, 6) is 0.935. The first-order valence-electron chi connectivity index (χ1n) is 3.15. The van der Waals surface area contributed by atoms with Crippen molar-refractivity contribution in [3.63, 3.8) is 0 Å². The van der Waals surface area contributed by atoms with Gasteiger partial charge in [0.1, 0.15) is 0 Å². The molecule has 8 heavy (non-hydrogen) atoms. The SMILES string of the molecule is CCC(C)NCCS. The third-order valence-corrected chi connectivity index (χ3v) is 1.44. The van der Waals surface area contributed by atoms with Crippen molar-refractivity contribution in [1.82, 2.24) is 5.32 Å². The number of hydrogen-bond donors (Lipinski definition) is 2. The molecule has 1 nitrogen and oxygen atoms in total. The summed E-state index contributed by atoms with van der Waals surface area (Å²) in [6.07, 6.45) is 1.20. The van der Waals surface area contributed by atoms with Crippen LogP contribution < -0.4 is 5.32 Å². The lowest BCUT2D eigenvalue weighted by Gasteiger charge is -2.08. The van der Waals surface area contributed by atoms with Gasteiger partial charge in [0.25, 0.3) is 0 Å². The first kappa shape index (κ1) is 8.31. The predicted molar refractivity (Wildman–Crippen MR) is 41.6 cm³/mol. The molecule has 0 heterocycles. The molecular weight excluding hydrogens is 118 g/mol. The van der Waals surface area contributed by atoms with Gasteiger partial charge in [-0.05, 0) is 13.3 Å². The molecule has 0 rings (SSSR count). The fourth-order valence-electron chi connectivity index (χ4n) is 0.455. The summed E-state index contributed by atoms with van der Waals surface area (Å²) in [5, 5.41) is 3.31. The second kappa shape index (κ2) is 5.45. The molecule has 50 valence electrons. The summed E-state index contributed by atoms with van der Waals surface area (Å²) >= 11 is 4.07. The van der Waals surface area contributed by atoms with Crippen molar-refractivity contribution in [1.29, 1.82) is 0 Å². The summed E-state index contributed by atoms with van der Waals surface area (Å²) < 4.78 is 0. The van der Waals surface area contributed by atoms with Crippen molar-refractivity contribution in [3.8, 4) is 0 Å². The average molecular weight is 133 g/mol. The molecule has 0 saturated heterocycles. The van der Waals surface area contributed by atoms with E-state index in [-0.39, 0.29) is 0 Å². The predicted octanol–water partition coefficient (Wildman–Crippen LogP) is 1.30. The molecule has 1 N–H and O–H groups in total. The Labute approximate surface area is 57.3 Å². The standard InChI is InChI=1S/C6H15NS/c1-3-6(2)7-4-5-8/h6-8H,3-5H2,1-2H3. The fourth-order valence-corrected chi connectivity index (χ4v) is 0.584. The molecule has 0 aliphatic heterocycles. The first-order valence-corrected chi connectivity index (χ1v) is 3.78. The lowest BCUT2D eigenvalue weighted by Crippen LogP contribution is -2.26. The second-order valence-corrected chi connectivity index (χ2v) is 2.43. The zero-order chi connectivity index (χ0) is 6.41. The number of rotatable bonds is 4. The van der Waals surface area contributed by atoms with E-state index in [9.17, 15) is 0 Å². The van der Waals surface area contributed by atoms with Crippen LogP contribution in [0.15, 0.2) is 0 Å². The van der Waals surface area contributed by atoms with Crippen LogP contribution in [0.5, 0.6) is 0 Å². The lowest BCUT2D eigenvalue weighted by molar-refractivity contribution is 0.555. The summed E-state index contributed by atoms with van der Waals surface area (Å²) in [6.45, 7) is 5.39. The van der Waals surface area contributed by atoms with Crippen LogP contribution in [0, 0.1) is 0 Å². The highest BCUT2D eigenvalue weighted by molar-refractivity contribution is 7.80. The van der Waals surface area contributed by atoms with E-state index in [1.54, 1.807) is 0 Å². The Kier molecular flexibility index (Phi) is 5.66.